The SMILES string of the molecule is CN(C)c1ccc(C=C2C(=O)Nc3ccc(S(N)(=O)=O)cc32)cc1. The van der Waals surface area contributed by atoms with Gasteiger partial charge >= 0.3 is 0 Å². The number of nitrogens with one attached hydrogen (secondary N) is 1. The number of benzene rings is 2. The Balaban J connectivity index is 2.05. The molecule has 1 heterocycles. The number of fused-ring (bicyclic) bond motifs is 1. The number of amides is 1. The fourth-order valence-corrected chi connectivity index (χ4v) is 3.06. The zero-order chi connectivity index (χ0) is 17.5. The molecule has 1 amide bonds. The molecule has 124 valence electrons. The van der Waals surface area contributed by atoms with E-state index >= 15 is 0 Å². The smallest absolute Gasteiger partial charge is 0.256 e. The third-order valence-corrected chi connectivity index (χ3v) is 4.73. The van der Waals surface area contributed by atoms with Gasteiger partial charge in [-0.1, -0.05) is 12.1 Å². The van der Waals surface area contributed by atoms with Crippen LogP contribution in [0.1, 0.15) is 11.1 Å². The number of rotatable bonds is 3. The van der Waals surface area contributed by atoms with Gasteiger partial charge in [0, 0.05) is 36.6 Å². The summed E-state index contributed by atoms with van der Waals surface area (Å²) in [6.07, 6.45) is 1.73. The molecule has 0 saturated heterocycles. The number of nitrogens with zero attached hydrogens (tertiary/aromatic N) is 1. The summed E-state index contributed by atoms with van der Waals surface area (Å²) in [6.45, 7) is 0. The maximum atomic E-state index is 12.2. The minimum Gasteiger partial charge on any atom is -0.378 e. The molecule has 3 rings (SSSR count). The average Bonchev–Trinajstić information content (AvgIpc) is 2.82. The molecule has 7 heteroatoms. The molecule has 1 aliphatic rings. The molecule has 1 aliphatic heterocycles. The summed E-state index contributed by atoms with van der Waals surface area (Å²) in [5.41, 5.74) is 3.41. The fourth-order valence-electron chi connectivity index (χ4n) is 2.52. The molecule has 0 bridgehead atoms. The van der Waals surface area contributed by atoms with Crippen molar-refractivity contribution >= 4 is 39.0 Å². The molecule has 2 aromatic rings. The van der Waals surface area contributed by atoms with Crippen LogP contribution in [-0.2, 0) is 14.8 Å². The van der Waals surface area contributed by atoms with E-state index < -0.39 is 10.0 Å². The van der Waals surface area contributed by atoms with Crippen LogP contribution in [0.15, 0.2) is 47.4 Å². The molecule has 0 saturated carbocycles. The van der Waals surface area contributed by atoms with E-state index in [1.54, 1.807) is 12.1 Å². The number of nitrogens with two attached hydrogens (primary N) is 1. The second-order valence-corrected chi connectivity index (χ2v) is 7.31. The van der Waals surface area contributed by atoms with Gasteiger partial charge in [-0.05, 0) is 42.0 Å². The predicted molar refractivity (Wildman–Crippen MR) is 95.1 cm³/mol. The molecule has 0 unspecified atom stereocenters. The summed E-state index contributed by atoms with van der Waals surface area (Å²) in [6, 6.07) is 12.0. The van der Waals surface area contributed by atoms with Gasteiger partial charge in [-0.2, -0.15) is 0 Å². The summed E-state index contributed by atoms with van der Waals surface area (Å²) in [7, 11) is 0.0696. The lowest BCUT2D eigenvalue weighted by molar-refractivity contribution is -0.110. The molecule has 0 fully saturated rings. The number of hydrogen-bond acceptors (Lipinski definition) is 4. The number of anilines is 2. The lowest BCUT2D eigenvalue weighted by atomic mass is 10.0. The van der Waals surface area contributed by atoms with Gasteiger partial charge in [-0.25, -0.2) is 13.6 Å². The fraction of sp³-hybridized carbons (Fsp3) is 0.118. The molecular weight excluding hydrogens is 326 g/mol. The van der Waals surface area contributed by atoms with Crippen LogP contribution >= 0.6 is 0 Å². The van der Waals surface area contributed by atoms with Crippen LogP contribution in [0.4, 0.5) is 11.4 Å². The summed E-state index contributed by atoms with van der Waals surface area (Å²) in [5, 5.41) is 7.90. The van der Waals surface area contributed by atoms with E-state index in [0.717, 1.165) is 11.3 Å². The second kappa shape index (κ2) is 5.77. The molecule has 6 nitrogen and oxygen atoms in total. The van der Waals surface area contributed by atoms with E-state index in [9.17, 15) is 13.2 Å². The highest BCUT2D eigenvalue weighted by atomic mass is 32.2. The third kappa shape index (κ3) is 3.04. The minimum absolute atomic E-state index is 0.0217. The van der Waals surface area contributed by atoms with Crippen molar-refractivity contribution in [1.29, 1.82) is 0 Å². The quantitative estimate of drug-likeness (QED) is 0.833. The van der Waals surface area contributed by atoms with Crippen LogP contribution < -0.4 is 15.4 Å². The molecular formula is C17H17N3O3S. The van der Waals surface area contributed by atoms with Crippen molar-refractivity contribution in [3.8, 4) is 0 Å². The maximum Gasteiger partial charge on any atom is 0.256 e. The van der Waals surface area contributed by atoms with Gasteiger partial charge in [0.25, 0.3) is 5.91 Å². The zero-order valence-electron chi connectivity index (χ0n) is 13.3. The van der Waals surface area contributed by atoms with Crippen LogP contribution in [0.3, 0.4) is 0 Å². The van der Waals surface area contributed by atoms with E-state index in [1.807, 2.05) is 43.3 Å². The summed E-state index contributed by atoms with van der Waals surface area (Å²) < 4.78 is 23.1. The van der Waals surface area contributed by atoms with E-state index in [2.05, 4.69) is 5.32 Å². The van der Waals surface area contributed by atoms with Crippen molar-refractivity contribution in [3.05, 3.63) is 53.6 Å². The highest BCUT2D eigenvalue weighted by molar-refractivity contribution is 7.89. The first-order valence-electron chi connectivity index (χ1n) is 7.23. The summed E-state index contributed by atoms with van der Waals surface area (Å²) in [4.78, 5) is 14.2. The monoisotopic (exact) mass is 343 g/mol. The molecule has 0 atom stereocenters. The second-order valence-electron chi connectivity index (χ2n) is 5.75. The Morgan fingerprint density at radius 2 is 1.75 bits per heavy atom. The van der Waals surface area contributed by atoms with E-state index in [-0.39, 0.29) is 10.8 Å². The molecule has 0 spiro atoms. The first-order chi connectivity index (χ1) is 11.3. The van der Waals surface area contributed by atoms with Crippen molar-refractivity contribution in [2.45, 2.75) is 4.90 Å². The van der Waals surface area contributed by atoms with Crippen molar-refractivity contribution in [3.63, 3.8) is 0 Å². The van der Waals surface area contributed by atoms with Crippen LogP contribution in [-0.4, -0.2) is 28.4 Å². The molecule has 24 heavy (non-hydrogen) atoms. The maximum absolute atomic E-state index is 12.2. The van der Waals surface area contributed by atoms with Crippen LogP contribution in [0.25, 0.3) is 11.6 Å². The summed E-state index contributed by atoms with van der Waals surface area (Å²) >= 11 is 0. The Kier molecular flexibility index (Phi) is 3.90. The van der Waals surface area contributed by atoms with Crippen molar-refractivity contribution in [1.82, 2.24) is 0 Å². The highest BCUT2D eigenvalue weighted by Crippen LogP contribution is 2.34. The van der Waals surface area contributed by atoms with Crippen LogP contribution in [0.5, 0.6) is 0 Å². The molecule has 0 aliphatic carbocycles. The van der Waals surface area contributed by atoms with Crippen molar-refractivity contribution in [2.24, 2.45) is 5.14 Å². The third-order valence-electron chi connectivity index (χ3n) is 3.82. The van der Waals surface area contributed by atoms with E-state index in [4.69, 9.17) is 5.14 Å². The van der Waals surface area contributed by atoms with E-state index in [0.29, 0.717) is 16.8 Å². The Morgan fingerprint density at radius 3 is 2.33 bits per heavy atom. The zero-order valence-corrected chi connectivity index (χ0v) is 14.1. The number of carbonyl (C=O) groups is 1. The molecule has 0 radical (unpaired) electrons. The Hall–Kier alpha value is -2.64. The van der Waals surface area contributed by atoms with Gasteiger partial charge in [-0.15, -0.1) is 0 Å². The normalized spacial score (nSPS) is 15.3. The van der Waals surface area contributed by atoms with Gasteiger partial charge in [-0.3, -0.25) is 4.79 Å². The predicted octanol–water partition coefficient (Wildman–Crippen LogP) is 1.89. The number of primary sulfonamides is 1. The number of carbonyl (C=O) groups excluding carboxylic acids is 1. The lowest BCUT2D eigenvalue weighted by Gasteiger charge is -2.12. The van der Waals surface area contributed by atoms with Gasteiger partial charge in [0.1, 0.15) is 0 Å². The summed E-state index contributed by atoms with van der Waals surface area (Å²) in [5.74, 6) is -0.270. The van der Waals surface area contributed by atoms with Crippen LogP contribution in [0, 0.1) is 0 Å². The lowest BCUT2D eigenvalue weighted by Crippen LogP contribution is -2.12. The van der Waals surface area contributed by atoms with E-state index in [1.165, 1.54) is 12.1 Å². The first-order valence-corrected chi connectivity index (χ1v) is 8.78. The number of hydrogen-bond donors (Lipinski definition) is 2. The van der Waals surface area contributed by atoms with Crippen molar-refractivity contribution < 1.29 is 13.2 Å². The molecule has 0 aromatic heterocycles. The van der Waals surface area contributed by atoms with Crippen LogP contribution in [0.2, 0.25) is 0 Å². The van der Waals surface area contributed by atoms with Gasteiger partial charge in [0.05, 0.1) is 4.90 Å². The standard InChI is InChI=1S/C17H17N3O3S/c1-20(2)12-5-3-11(4-6-12)9-15-14-10-13(24(18,22)23)7-8-16(14)19-17(15)21/h3-10H,1-2H3,(H,19,21)(H2,18,22,23). The number of sulfonamides is 1. The average molecular weight is 343 g/mol. The van der Waals surface area contributed by atoms with Gasteiger partial charge in [0.15, 0.2) is 0 Å². The largest absolute Gasteiger partial charge is 0.378 e. The van der Waals surface area contributed by atoms with Gasteiger partial charge in [0.2, 0.25) is 10.0 Å². The van der Waals surface area contributed by atoms with Gasteiger partial charge < -0.3 is 10.2 Å². The van der Waals surface area contributed by atoms with Crippen molar-refractivity contribution in [2.75, 3.05) is 24.3 Å². The Morgan fingerprint density at radius 1 is 1.08 bits per heavy atom. The first kappa shape index (κ1) is 16.2. The molecule has 3 N–H and O–H groups in total. The Labute approximate surface area is 140 Å². The molecule has 2 aromatic carbocycles. The highest BCUT2D eigenvalue weighted by Gasteiger charge is 2.25. The Bertz CT molecular complexity index is 946. The minimum atomic E-state index is -3.83. The topological polar surface area (TPSA) is 92.5 Å².